The number of nitro benzene ring substituents is 1. The fourth-order valence-electron chi connectivity index (χ4n) is 3.15. The molecule has 3 rings (SSSR count). The maximum absolute atomic E-state index is 12.7. The summed E-state index contributed by atoms with van der Waals surface area (Å²) < 4.78 is 1.49. The number of carbonyl (C=O) groups is 2. The molecule has 2 unspecified atom stereocenters. The minimum atomic E-state index is -0.941. The zero-order valence-corrected chi connectivity index (χ0v) is 13.4. The molecule has 25 heavy (non-hydrogen) atoms. The topological polar surface area (TPSA) is 119 Å². The van der Waals surface area contributed by atoms with Gasteiger partial charge in [-0.05, 0) is 25.5 Å². The number of nitro groups is 1. The Balaban J connectivity index is 1.93. The molecule has 1 amide bonds. The van der Waals surface area contributed by atoms with Gasteiger partial charge in [-0.15, -0.1) is 0 Å². The van der Waals surface area contributed by atoms with E-state index in [-0.39, 0.29) is 11.3 Å². The average molecular weight is 344 g/mol. The highest BCUT2D eigenvalue weighted by atomic mass is 16.6. The summed E-state index contributed by atoms with van der Waals surface area (Å²) in [6.07, 6.45) is 4.88. The van der Waals surface area contributed by atoms with E-state index in [9.17, 15) is 24.8 Å². The number of imidazole rings is 1. The first-order valence-electron chi connectivity index (χ1n) is 7.70. The minimum Gasteiger partial charge on any atom is -0.481 e. The Hall–Kier alpha value is -3.23. The second-order valence-electron chi connectivity index (χ2n) is 5.90. The van der Waals surface area contributed by atoms with Crippen LogP contribution in [0.4, 0.5) is 5.69 Å². The van der Waals surface area contributed by atoms with Gasteiger partial charge < -0.3 is 14.6 Å². The molecule has 0 aliphatic carbocycles. The fourth-order valence-corrected chi connectivity index (χ4v) is 3.15. The van der Waals surface area contributed by atoms with Gasteiger partial charge >= 0.3 is 5.97 Å². The van der Waals surface area contributed by atoms with Gasteiger partial charge in [0.15, 0.2) is 0 Å². The van der Waals surface area contributed by atoms with Gasteiger partial charge in [0, 0.05) is 36.6 Å². The van der Waals surface area contributed by atoms with Crippen molar-refractivity contribution >= 4 is 17.6 Å². The highest BCUT2D eigenvalue weighted by molar-refractivity contribution is 5.96. The number of carboxylic acid groups (broad SMARTS) is 1. The van der Waals surface area contributed by atoms with Crippen molar-refractivity contribution < 1.29 is 19.6 Å². The lowest BCUT2D eigenvalue weighted by molar-refractivity contribution is -0.384. The molecular weight excluding hydrogens is 328 g/mol. The molecule has 1 aliphatic rings. The molecule has 1 aromatic heterocycles. The maximum atomic E-state index is 12.7. The van der Waals surface area contributed by atoms with E-state index >= 15 is 0 Å². The predicted molar refractivity (Wildman–Crippen MR) is 86.5 cm³/mol. The van der Waals surface area contributed by atoms with Gasteiger partial charge in [-0.3, -0.25) is 19.7 Å². The van der Waals surface area contributed by atoms with Crippen molar-refractivity contribution in [2.75, 3.05) is 6.54 Å². The van der Waals surface area contributed by atoms with Crippen molar-refractivity contribution in [2.45, 2.75) is 19.4 Å². The van der Waals surface area contributed by atoms with E-state index in [1.54, 1.807) is 13.1 Å². The van der Waals surface area contributed by atoms with Crippen LogP contribution in [0.2, 0.25) is 0 Å². The first-order chi connectivity index (χ1) is 11.9. The van der Waals surface area contributed by atoms with Crippen LogP contribution in [0.3, 0.4) is 0 Å². The second-order valence-corrected chi connectivity index (χ2v) is 5.90. The molecule has 0 saturated carbocycles. The molecular formula is C16H16N4O5. The predicted octanol–water partition coefficient (Wildman–Crippen LogP) is 1.72. The molecule has 1 aromatic carbocycles. The van der Waals surface area contributed by atoms with Crippen molar-refractivity contribution in [1.29, 1.82) is 0 Å². The number of amides is 1. The molecule has 2 atom stereocenters. The third-order valence-corrected chi connectivity index (χ3v) is 4.53. The lowest BCUT2D eigenvalue weighted by Gasteiger charge is -2.23. The van der Waals surface area contributed by atoms with Crippen LogP contribution in [-0.2, 0) is 4.79 Å². The zero-order chi connectivity index (χ0) is 18.1. The summed E-state index contributed by atoms with van der Waals surface area (Å²) in [5.41, 5.74) is 0.246. The molecule has 1 saturated heterocycles. The number of hydrogen-bond donors (Lipinski definition) is 1. The third-order valence-electron chi connectivity index (χ3n) is 4.53. The third kappa shape index (κ3) is 2.95. The lowest BCUT2D eigenvalue weighted by atomic mass is 10.0. The molecule has 0 radical (unpaired) electrons. The first-order valence-corrected chi connectivity index (χ1v) is 7.70. The monoisotopic (exact) mass is 344 g/mol. The Kier molecular flexibility index (Phi) is 4.22. The van der Waals surface area contributed by atoms with E-state index in [0.717, 1.165) is 0 Å². The molecule has 2 heterocycles. The van der Waals surface area contributed by atoms with Gasteiger partial charge in [0.2, 0.25) is 0 Å². The van der Waals surface area contributed by atoms with Crippen LogP contribution in [0.5, 0.6) is 0 Å². The maximum Gasteiger partial charge on any atom is 0.308 e. The van der Waals surface area contributed by atoms with Crippen LogP contribution in [0, 0.1) is 16.0 Å². The number of rotatable bonds is 4. The zero-order valence-electron chi connectivity index (χ0n) is 13.4. The van der Waals surface area contributed by atoms with Gasteiger partial charge in [0.25, 0.3) is 11.6 Å². The van der Waals surface area contributed by atoms with Crippen LogP contribution < -0.4 is 0 Å². The van der Waals surface area contributed by atoms with Crippen LogP contribution >= 0.6 is 0 Å². The molecule has 0 spiro atoms. The number of benzene rings is 1. The first kappa shape index (κ1) is 16.6. The number of carbonyl (C=O) groups excluding carboxylic acids is 1. The average Bonchev–Trinajstić information content (AvgIpc) is 3.23. The van der Waals surface area contributed by atoms with Gasteiger partial charge in [0.05, 0.1) is 17.2 Å². The molecule has 9 nitrogen and oxygen atoms in total. The number of hydrogen-bond acceptors (Lipinski definition) is 5. The largest absolute Gasteiger partial charge is 0.481 e. The number of likely N-dealkylation sites (tertiary alicyclic amines) is 1. The molecule has 1 N–H and O–H groups in total. The Morgan fingerprint density at radius 1 is 1.40 bits per heavy atom. The molecule has 9 heteroatoms. The number of aromatic nitrogens is 2. The Morgan fingerprint density at radius 2 is 2.16 bits per heavy atom. The van der Waals surface area contributed by atoms with E-state index in [1.807, 2.05) is 0 Å². The van der Waals surface area contributed by atoms with E-state index < -0.39 is 28.8 Å². The standard InChI is InChI=1S/C16H16N4O5/c1-10-12(16(22)23)4-6-19(10)15(21)11-2-3-13(14(8-11)20(24)25)18-7-5-17-9-18/h2-3,5,7-10,12H,4,6H2,1H3,(H,22,23). The summed E-state index contributed by atoms with van der Waals surface area (Å²) in [5, 5.41) is 20.6. The van der Waals surface area contributed by atoms with Gasteiger partial charge in [-0.1, -0.05) is 0 Å². The van der Waals surface area contributed by atoms with Crippen molar-refractivity contribution in [3.8, 4) is 5.69 Å². The highest BCUT2D eigenvalue weighted by Crippen LogP contribution is 2.29. The van der Waals surface area contributed by atoms with Gasteiger partial charge in [-0.2, -0.15) is 0 Å². The lowest BCUT2D eigenvalue weighted by Crippen LogP contribution is -2.37. The van der Waals surface area contributed by atoms with Crippen molar-refractivity contribution in [1.82, 2.24) is 14.5 Å². The molecule has 130 valence electrons. The highest BCUT2D eigenvalue weighted by Gasteiger charge is 2.38. The van der Waals surface area contributed by atoms with Crippen LogP contribution in [0.15, 0.2) is 36.9 Å². The van der Waals surface area contributed by atoms with Crippen molar-refractivity contribution in [3.05, 3.63) is 52.6 Å². The minimum absolute atomic E-state index is 0.161. The Labute approximate surface area is 142 Å². The quantitative estimate of drug-likeness (QED) is 0.666. The summed E-state index contributed by atoms with van der Waals surface area (Å²) in [6, 6.07) is 3.75. The fraction of sp³-hybridized carbons (Fsp3) is 0.312. The van der Waals surface area contributed by atoms with Crippen molar-refractivity contribution in [3.63, 3.8) is 0 Å². The van der Waals surface area contributed by atoms with E-state index in [1.165, 1.54) is 40.2 Å². The van der Waals surface area contributed by atoms with Crippen LogP contribution in [-0.4, -0.2) is 48.9 Å². The number of aliphatic carboxylic acids is 1. The number of nitrogens with zero attached hydrogens (tertiary/aromatic N) is 4. The smallest absolute Gasteiger partial charge is 0.308 e. The molecule has 0 bridgehead atoms. The van der Waals surface area contributed by atoms with Crippen molar-refractivity contribution in [2.24, 2.45) is 5.92 Å². The van der Waals surface area contributed by atoms with E-state index in [2.05, 4.69) is 4.98 Å². The summed E-state index contributed by atoms with van der Waals surface area (Å²) in [7, 11) is 0. The Bertz CT molecular complexity index is 833. The van der Waals surface area contributed by atoms with Crippen LogP contribution in [0.25, 0.3) is 5.69 Å². The normalized spacial score (nSPS) is 19.8. The summed E-state index contributed by atoms with van der Waals surface area (Å²) >= 11 is 0. The van der Waals surface area contributed by atoms with Crippen LogP contribution in [0.1, 0.15) is 23.7 Å². The van der Waals surface area contributed by atoms with Gasteiger partial charge in [0.1, 0.15) is 5.69 Å². The summed E-state index contributed by atoms with van der Waals surface area (Å²) in [6.45, 7) is 1.99. The van der Waals surface area contributed by atoms with E-state index in [0.29, 0.717) is 18.7 Å². The second kappa shape index (κ2) is 6.34. The molecule has 1 fully saturated rings. The van der Waals surface area contributed by atoms with Gasteiger partial charge in [-0.25, -0.2) is 4.98 Å². The Morgan fingerprint density at radius 3 is 2.72 bits per heavy atom. The summed E-state index contributed by atoms with van der Waals surface area (Å²) in [5.74, 6) is -1.97. The van der Waals surface area contributed by atoms with E-state index in [4.69, 9.17) is 0 Å². The SMILES string of the molecule is CC1C(C(=O)O)CCN1C(=O)c1ccc(-n2ccnc2)c([N+](=O)[O-])c1. The summed E-state index contributed by atoms with van der Waals surface area (Å²) in [4.78, 5) is 40.0. The molecule has 2 aromatic rings. The number of carboxylic acids is 1. The molecule has 1 aliphatic heterocycles.